The van der Waals surface area contributed by atoms with Crippen molar-refractivity contribution in [3.05, 3.63) is 24.3 Å². The Balaban J connectivity index is 2.71. The van der Waals surface area contributed by atoms with Gasteiger partial charge in [-0.25, -0.2) is 26.7 Å². The predicted molar refractivity (Wildman–Crippen MR) is 78.4 cm³/mol. The van der Waals surface area contributed by atoms with Gasteiger partial charge in [-0.15, -0.1) is 0 Å². The molecular weight excluding hydrogens is 302 g/mol. The average Bonchev–Trinajstić information content (AvgIpc) is 2.22. The average molecular weight is 321 g/mol. The Bertz CT molecular complexity index is 664. The van der Waals surface area contributed by atoms with Gasteiger partial charge in [0.1, 0.15) is 0 Å². The van der Waals surface area contributed by atoms with Crippen LogP contribution in [0.5, 0.6) is 0 Å². The summed E-state index contributed by atoms with van der Waals surface area (Å²) >= 11 is 0. The van der Waals surface area contributed by atoms with Gasteiger partial charge in [0.15, 0.2) is 0 Å². The molecule has 20 heavy (non-hydrogen) atoms. The minimum atomic E-state index is -3.71. The molecule has 7 nitrogen and oxygen atoms in total. The van der Waals surface area contributed by atoms with Crippen LogP contribution >= 0.6 is 0 Å². The van der Waals surface area contributed by atoms with Crippen LogP contribution in [0.4, 0.5) is 5.69 Å². The van der Waals surface area contributed by atoms with Crippen LogP contribution in [0, 0.1) is 0 Å². The Hall–Kier alpha value is -1.16. The van der Waals surface area contributed by atoms with Crippen LogP contribution in [0.25, 0.3) is 0 Å². The highest BCUT2D eigenvalue weighted by Crippen LogP contribution is 2.14. The summed E-state index contributed by atoms with van der Waals surface area (Å²) in [5, 5.41) is 8.02. The molecule has 0 saturated carbocycles. The lowest BCUT2D eigenvalue weighted by Gasteiger charge is -2.25. The molecule has 0 atom stereocenters. The van der Waals surface area contributed by atoms with Crippen molar-refractivity contribution in [1.29, 1.82) is 0 Å². The van der Waals surface area contributed by atoms with Crippen molar-refractivity contribution in [2.24, 2.45) is 5.14 Å². The standard InChI is InChI=1S/C11H19N3O4S2/c1-11(2,14-19(3,15)16)8-13-9-4-6-10(7-5-9)20(12,17)18/h4-7,13-14H,8H2,1-3H3,(H2,12,17,18). The lowest BCUT2D eigenvalue weighted by Crippen LogP contribution is -2.47. The maximum absolute atomic E-state index is 11.2. The lowest BCUT2D eigenvalue weighted by atomic mass is 10.1. The van der Waals surface area contributed by atoms with Crippen LogP contribution in [0.2, 0.25) is 0 Å². The van der Waals surface area contributed by atoms with Crippen molar-refractivity contribution < 1.29 is 16.8 Å². The van der Waals surface area contributed by atoms with E-state index in [-0.39, 0.29) is 4.90 Å². The van der Waals surface area contributed by atoms with Gasteiger partial charge in [0.2, 0.25) is 20.0 Å². The second-order valence-electron chi connectivity index (χ2n) is 5.18. The molecular formula is C11H19N3O4S2. The number of primary sulfonamides is 1. The molecule has 1 aromatic rings. The molecule has 0 aliphatic rings. The number of hydrogen-bond donors (Lipinski definition) is 3. The normalized spacial score (nSPS) is 13.2. The van der Waals surface area contributed by atoms with Gasteiger partial charge < -0.3 is 5.32 Å². The van der Waals surface area contributed by atoms with E-state index in [0.717, 1.165) is 6.26 Å². The van der Waals surface area contributed by atoms with E-state index < -0.39 is 25.6 Å². The maximum atomic E-state index is 11.2. The van der Waals surface area contributed by atoms with Crippen LogP contribution in [-0.2, 0) is 20.0 Å². The fourth-order valence-corrected chi connectivity index (χ4v) is 3.21. The molecule has 0 spiro atoms. The topological polar surface area (TPSA) is 118 Å². The first-order valence-electron chi connectivity index (χ1n) is 5.75. The third-order valence-electron chi connectivity index (χ3n) is 2.38. The Labute approximate surface area is 119 Å². The summed E-state index contributed by atoms with van der Waals surface area (Å²) in [7, 11) is -7.00. The molecule has 0 saturated heterocycles. The van der Waals surface area contributed by atoms with Crippen molar-refractivity contribution >= 4 is 25.7 Å². The van der Waals surface area contributed by atoms with Gasteiger partial charge >= 0.3 is 0 Å². The van der Waals surface area contributed by atoms with E-state index in [0.29, 0.717) is 12.2 Å². The number of sulfonamides is 2. The largest absolute Gasteiger partial charge is 0.383 e. The molecule has 0 radical (unpaired) electrons. The zero-order valence-corrected chi connectivity index (χ0v) is 13.2. The maximum Gasteiger partial charge on any atom is 0.238 e. The number of benzene rings is 1. The first-order chi connectivity index (χ1) is 8.89. The van der Waals surface area contributed by atoms with E-state index >= 15 is 0 Å². The number of hydrogen-bond acceptors (Lipinski definition) is 5. The van der Waals surface area contributed by atoms with Crippen LogP contribution in [0.1, 0.15) is 13.8 Å². The minimum absolute atomic E-state index is 0.0246. The second kappa shape index (κ2) is 5.68. The van der Waals surface area contributed by atoms with Crippen LogP contribution in [-0.4, -0.2) is 35.2 Å². The van der Waals surface area contributed by atoms with Gasteiger partial charge in [0.25, 0.3) is 0 Å². The van der Waals surface area contributed by atoms with Gasteiger partial charge in [-0.1, -0.05) is 0 Å². The van der Waals surface area contributed by atoms with E-state index in [9.17, 15) is 16.8 Å². The van der Waals surface area contributed by atoms with E-state index in [1.807, 2.05) is 0 Å². The highest BCUT2D eigenvalue weighted by atomic mass is 32.2. The number of anilines is 1. The fourth-order valence-electron chi connectivity index (χ4n) is 1.62. The summed E-state index contributed by atoms with van der Waals surface area (Å²) in [6.07, 6.45) is 1.09. The lowest BCUT2D eigenvalue weighted by molar-refractivity contribution is 0.476. The molecule has 1 rings (SSSR count). The van der Waals surface area contributed by atoms with E-state index in [2.05, 4.69) is 10.0 Å². The highest BCUT2D eigenvalue weighted by molar-refractivity contribution is 7.89. The Morgan fingerprint density at radius 3 is 2.00 bits per heavy atom. The molecule has 0 fully saturated rings. The summed E-state index contributed by atoms with van der Waals surface area (Å²) < 4.78 is 47.1. The second-order valence-corrected chi connectivity index (χ2v) is 8.49. The number of nitrogens with one attached hydrogen (secondary N) is 2. The Kier molecular flexibility index (Phi) is 4.80. The number of nitrogens with two attached hydrogens (primary N) is 1. The SMILES string of the molecule is CC(C)(CNc1ccc(S(N)(=O)=O)cc1)NS(C)(=O)=O. The minimum Gasteiger partial charge on any atom is -0.383 e. The molecule has 1 aromatic carbocycles. The summed E-state index contributed by atoms with van der Waals surface area (Å²) in [6, 6.07) is 5.90. The first-order valence-corrected chi connectivity index (χ1v) is 9.19. The van der Waals surface area contributed by atoms with Gasteiger partial charge in [-0.2, -0.15) is 0 Å². The van der Waals surface area contributed by atoms with Crippen molar-refractivity contribution in [2.45, 2.75) is 24.3 Å². The molecule has 9 heteroatoms. The number of rotatable bonds is 6. The monoisotopic (exact) mass is 321 g/mol. The van der Waals surface area contributed by atoms with Crippen LogP contribution < -0.4 is 15.2 Å². The highest BCUT2D eigenvalue weighted by Gasteiger charge is 2.21. The van der Waals surface area contributed by atoms with E-state index in [4.69, 9.17) is 5.14 Å². The summed E-state index contributed by atoms with van der Waals surface area (Å²) in [5.41, 5.74) is -0.00702. The van der Waals surface area contributed by atoms with Crippen molar-refractivity contribution in [1.82, 2.24) is 4.72 Å². The first kappa shape index (κ1) is 16.9. The van der Waals surface area contributed by atoms with Crippen molar-refractivity contribution in [3.63, 3.8) is 0 Å². The third-order valence-corrected chi connectivity index (χ3v) is 4.23. The van der Waals surface area contributed by atoms with E-state index in [1.54, 1.807) is 26.0 Å². The summed E-state index contributed by atoms with van der Waals surface area (Å²) in [6.45, 7) is 3.81. The zero-order valence-electron chi connectivity index (χ0n) is 11.5. The fraction of sp³-hybridized carbons (Fsp3) is 0.455. The molecule has 0 aromatic heterocycles. The smallest absolute Gasteiger partial charge is 0.238 e. The molecule has 4 N–H and O–H groups in total. The quantitative estimate of drug-likeness (QED) is 0.685. The molecule has 0 bridgehead atoms. The van der Waals surface area contributed by atoms with Gasteiger partial charge in [-0.3, -0.25) is 0 Å². The molecule has 0 amide bonds. The molecule has 0 unspecified atom stereocenters. The summed E-state index contributed by atoms with van der Waals surface area (Å²) in [4.78, 5) is 0.0246. The summed E-state index contributed by atoms with van der Waals surface area (Å²) in [5.74, 6) is 0. The Morgan fingerprint density at radius 2 is 1.60 bits per heavy atom. The molecule has 0 aliphatic carbocycles. The van der Waals surface area contributed by atoms with Crippen molar-refractivity contribution in [3.8, 4) is 0 Å². The third kappa shape index (κ3) is 5.87. The van der Waals surface area contributed by atoms with Crippen molar-refractivity contribution in [2.75, 3.05) is 18.1 Å². The van der Waals surface area contributed by atoms with Crippen LogP contribution in [0.3, 0.4) is 0 Å². The van der Waals surface area contributed by atoms with Gasteiger partial charge in [0.05, 0.1) is 11.2 Å². The molecule has 114 valence electrons. The molecule has 0 heterocycles. The molecule has 0 aliphatic heterocycles. The predicted octanol–water partition coefficient (Wildman–Crippen LogP) is 0.0737. The van der Waals surface area contributed by atoms with Gasteiger partial charge in [-0.05, 0) is 38.1 Å². The zero-order chi connectivity index (χ0) is 15.6. The van der Waals surface area contributed by atoms with Gasteiger partial charge in [0, 0.05) is 17.8 Å². The van der Waals surface area contributed by atoms with E-state index in [1.165, 1.54) is 12.1 Å². The Morgan fingerprint density at radius 1 is 1.10 bits per heavy atom. The van der Waals surface area contributed by atoms with Crippen LogP contribution in [0.15, 0.2) is 29.2 Å².